The minimum Gasteiger partial charge on any atom is -0.235 e. The summed E-state index contributed by atoms with van der Waals surface area (Å²) in [6.45, 7) is 0. The first-order chi connectivity index (χ1) is 8.81. The molecule has 0 bridgehead atoms. The van der Waals surface area contributed by atoms with Crippen LogP contribution in [-0.2, 0) is 0 Å². The van der Waals surface area contributed by atoms with E-state index in [2.05, 4.69) is 9.97 Å². The Bertz CT molecular complexity index is 780. The zero-order valence-electron chi connectivity index (χ0n) is 9.25. The molecule has 3 aromatic rings. The number of hydrogen-bond acceptors (Lipinski definition) is 4. The van der Waals surface area contributed by atoms with Crippen molar-refractivity contribution in [3.63, 3.8) is 0 Å². The first-order valence-electron chi connectivity index (χ1n) is 5.32. The Kier molecular flexibility index (Phi) is 2.15. The van der Waals surface area contributed by atoms with Crippen molar-refractivity contribution in [2.75, 3.05) is 0 Å². The highest BCUT2D eigenvalue weighted by atomic mass is 14.8. The van der Waals surface area contributed by atoms with E-state index in [-0.39, 0.29) is 0 Å². The average molecular weight is 230 g/mol. The molecule has 0 aliphatic heterocycles. The molecule has 0 N–H and O–H groups in total. The third kappa shape index (κ3) is 1.45. The van der Waals surface area contributed by atoms with Crippen LogP contribution in [0.5, 0.6) is 0 Å². The molecule has 1 aromatic carbocycles. The molecule has 18 heavy (non-hydrogen) atoms. The van der Waals surface area contributed by atoms with Crippen LogP contribution < -0.4 is 0 Å². The van der Waals surface area contributed by atoms with Crippen LogP contribution in [-0.4, -0.2) is 9.97 Å². The largest absolute Gasteiger partial charge is 0.235 e. The van der Waals surface area contributed by atoms with Crippen molar-refractivity contribution in [3.05, 3.63) is 47.8 Å². The van der Waals surface area contributed by atoms with Gasteiger partial charge in [0.05, 0.1) is 11.0 Å². The average Bonchev–Trinajstić information content (AvgIpc) is 2.45. The Morgan fingerprint density at radius 2 is 1.06 bits per heavy atom. The van der Waals surface area contributed by atoms with Crippen molar-refractivity contribution in [1.29, 1.82) is 10.5 Å². The van der Waals surface area contributed by atoms with Crippen molar-refractivity contribution >= 4 is 21.8 Å². The lowest BCUT2D eigenvalue weighted by Gasteiger charge is -2.02. The van der Waals surface area contributed by atoms with Gasteiger partial charge in [-0.15, -0.1) is 0 Å². The molecule has 4 nitrogen and oxygen atoms in total. The summed E-state index contributed by atoms with van der Waals surface area (Å²) in [7, 11) is 0. The second kappa shape index (κ2) is 3.80. The maximum Gasteiger partial charge on any atom is 0.141 e. The van der Waals surface area contributed by atoms with E-state index in [1.165, 1.54) is 0 Å². The van der Waals surface area contributed by atoms with E-state index in [9.17, 15) is 0 Å². The van der Waals surface area contributed by atoms with Crippen LogP contribution in [0.1, 0.15) is 11.4 Å². The molecular formula is C14H6N4. The monoisotopic (exact) mass is 230 g/mol. The number of nitriles is 2. The summed E-state index contributed by atoms with van der Waals surface area (Å²) < 4.78 is 0. The van der Waals surface area contributed by atoms with Crippen LogP contribution in [0.3, 0.4) is 0 Å². The molecule has 2 heterocycles. The first kappa shape index (κ1) is 10.2. The Morgan fingerprint density at radius 3 is 1.44 bits per heavy atom. The molecule has 0 aliphatic rings. The van der Waals surface area contributed by atoms with E-state index >= 15 is 0 Å². The van der Waals surface area contributed by atoms with Crippen molar-refractivity contribution in [2.24, 2.45) is 0 Å². The Balaban J connectivity index is 2.50. The molecule has 0 aliphatic carbocycles. The highest BCUT2D eigenvalue weighted by molar-refractivity contribution is 6.02. The Labute approximate surface area is 103 Å². The lowest BCUT2D eigenvalue weighted by Crippen LogP contribution is -1.90. The number of benzene rings is 1. The normalized spacial score (nSPS) is 10.1. The number of nitrogens with zero attached hydrogens (tertiary/aromatic N) is 4. The summed E-state index contributed by atoms with van der Waals surface area (Å²) in [5.41, 5.74) is 2.01. The summed E-state index contributed by atoms with van der Waals surface area (Å²) in [5, 5.41) is 19.6. The number of hydrogen-bond donors (Lipinski definition) is 0. The minimum atomic E-state index is 0.346. The third-order valence-electron chi connectivity index (χ3n) is 2.75. The van der Waals surface area contributed by atoms with Gasteiger partial charge >= 0.3 is 0 Å². The van der Waals surface area contributed by atoms with Crippen molar-refractivity contribution in [3.8, 4) is 12.1 Å². The maximum absolute atomic E-state index is 8.88. The SMILES string of the molecule is N#Cc1ccc2ccc3ccc(C#N)nc3c2n1. The van der Waals surface area contributed by atoms with Crippen LogP contribution in [0.15, 0.2) is 36.4 Å². The highest BCUT2D eigenvalue weighted by Crippen LogP contribution is 2.22. The molecule has 3 rings (SSSR count). The van der Waals surface area contributed by atoms with Gasteiger partial charge < -0.3 is 0 Å². The van der Waals surface area contributed by atoms with Gasteiger partial charge in [-0.05, 0) is 24.3 Å². The van der Waals surface area contributed by atoms with Gasteiger partial charge in [0.1, 0.15) is 23.5 Å². The van der Waals surface area contributed by atoms with Crippen LogP contribution in [0.2, 0.25) is 0 Å². The molecule has 0 radical (unpaired) electrons. The zero-order valence-corrected chi connectivity index (χ0v) is 9.25. The topological polar surface area (TPSA) is 73.4 Å². The highest BCUT2D eigenvalue weighted by Gasteiger charge is 2.05. The van der Waals surface area contributed by atoms with E-state index < -0.39 is 0 Å². The van der Waals surface area contributed by atoms with Crippen molar-refractivity contribution < 1.29 is 0 Å². The second-order valence-corrected chi connectivity index (χ2v) is 3.83. The fourth-order valence-corrected chi connectivity index (χ4v) is 1.89. The summed E-state index contributed by atoms with van der Waals surface area (Å²) in [5.74, 6) is 0. The van der Waals surface area contributed by atoms with Gasteiger partial charge in [-0.25, -0.2) is 9.97 Å². The Hall–Kier alpha value is -2.98. The molecule has 0 saturated carbocycles. The third-order valence-corrected chi connectivity index (χ3v) is 2.75. The lowest BCUT2D eigenvalue weighted by atomic mass is 10.1. The first-order valence-corrected chi connectivity index (χ1v) is 5.32. The number of aromatic nitrogens is 2. The number of rotatable bonds is 0. The molecule has 0 unspecified atom stereocenters. The second-order valence-electron chi connectivity index (χ2n) is 3.83. The van der Waals surface area contributed by atoms with E-state index in [4.69, 9.17) is 10.5 Å². The predicted octanol–water partition coefficient (Wildman–Crippen LogP) is 2.53. The molecule has 0 saturated heterocycles. The van der Waals surface area contributed by atoms with E-state index in [1.54, 1.807) is 12.1 Å². The molecule has 0 spiro atoms. The van der Waals surface area contributed by atoms with Gasteiger partial charge in [-0.1, -0.05) is 12.1 Å². The summed E-state index contributed by atoms with van der Waals surface area (Å²) in [4.78, 5) is 8.53. The minimum absolute atomic E-state index is 0.346. The molecule has 2 aromatic heterocycles. The number of pyridine rings is 2. The Morgan fingerprint density at radius 1 is 0.667 bits per heavy atom. The fourth-order valence-electron chi connectivity index (χ4n) is 1.89. The molecule has 0 atom stereocenters. The molecule has 0 fully saturated rings. The van der Waals surface area contributed by atoms with Gasteiger partial charge in [0, 0.05) is 10.8 Å². The molecule has 0 amide bonds. The van der Waals surface area contributed by atoms with Crippen LogP contribution in [0.25, 0.3) is 21.8 Å². The maximum atomic E-state index is 8.88. The van der Waals surface area contributed by atoms with Crippen molar-refractivity contribution in [2.45, 2.75) is 0 Å². The van der Waals surface area contributed by atoms with Crippen LogP contribution in [0.4, 0.5) is 0 Å². The molecule has 82 valence electrons. The van der Waals surface area contributed by atoms with Crippen LogP contribution >= 0.6 is 0 Å². The van der Waals surface area contributed by atoms with E-state index in [0.29, 0.717) is 22.4 Å². The van der Waals surface area contributed by atoms with Gasteiger partial charge in [0.2, 0.25) is 0 Å². The smallest absolute Gasteiger partial charge is 0.141 e. The molecular weight excluding hydrogens is 224 g/mol. The predicted molar refractivity (Wildman–Crippen MR) is 66.5 cm³/mol. The standard InChI is InChI=1S/C14H6N4/c15-7-11-5-3-9-1-2-10-4-6-12(8-16)18-14(10)13(9)17-11/h1-6H. The van der Waals surface area contributed by atoms with Gasteiger partial charge in [-0.2, -0.15) is 10.5 Å². The summed E-state index contributed by atoms with van der Waals surface area (Å²) >= 11 is 0. The van der Waals surface area contributed by atoms with Crippen LogP contribution in [0, 0.1) is 22.7 Å². The van der Waals surface area contributed by atoms with Gasteiger partial charge in [0.15, 0.2) is 0 Å². The van der Waals surface area contributed by atoms with Gasteiger partial charge in [-0.3, -0.25) is 0 Å². The summed E-state index contributed by atoms with van der Waals surface area (Å²) in [6, 6.07) is 14.9. The fraction of sp³-hybridized carbons (Fsp3) is 0. The van der Waals surface area contributed by atoms with Crippen molar-refractivity contribution in [1.82, 2.24) is 9.97 Å². The van der Waals surface area contributed by atoms with Gasteiger partial charge in [0.25, 0.3) is 0 Å². The lowest BCUT2D eigenvalue weighted by molar-refractivity contribution is 1.30. The zero-order chi connectivity index (χ0) is 12.5. The molecule has 4 heteroatoms. The summed E-state index contributed by atoms with van der Waals surface area (Å²) in [6.07, 6.45) is 0. The van der Waals surface area contributed by atoms with E-state index in [0.717, 1.165) is 10.8 Å². The quantitative estimate of drug-likeness (QED) is 0.556. The van der Waals surface area contributed by atoms with E-state index in [1.807, 2.05) is 36.4 Å². The number of fused-ring (bicyclic) bond motifs is 3.